The highest BCUT2D eigenvalue weighted by atomic mass is 16.6. The molecule has 126 valence electrons. The minimum absolute atomic E-state index is 0.0160. The molecule has 1 amide bonds. The summed E-state index contributed by atoms with van der Waals surface area (Å²) >= 11 is 0. The Morgan fingerprint density at radius 1 is 0.960 bits per heavy atom. The molecule has 3 aromatic carbocycles. The van der Waals surface area contributed by atoms with E-state index in [4.69, 9.17) is 9.47 Å². The maximum Gasteiger partial charge on any atom is 0.224 e. The van der Waals surface area contributed by atoms with Crippen LogP contribution in [0.5, 0.6) is 11.5 Å². The Kier molecular flexibility index (Phi) is 4.25. The van der Waals surface area contributed by atoms with Crippen LogP contribution in [0.1, 0.15) is 5.56 Å². The van der Waals surface area contributed by atoms with Crippen LogP contribution in [0, 0.1) is 0 Å². The number of hydrogen-bond acceptors (Lipinski definition) is 3. The van der Waals surface area contributed by atoms with Crippen LogP contribution in [0.4, 0.5) is 0 Å². The van der Waals surface area contributed by atoms with Gasteiger partial charge in [-0.15, -0.1) is 0 Å². The van der Waals surface area contributed by atoms with Gasteiger partial charge in [0.15, 0.2) is 11.5 Å². The second-order valence-corrected chi connectivity index (χ2v) is 6.16. The summed E-state index contributed by atoms with van der Waals surface area (Å²) in [6.45, 7) is 0.869. The van der Waals surface area contributed by atoms with Crippen molar-refractivity contribution in [3.8, 4) is 11.5 Å². The van der Waals surface area contributed by atoms with E-state index < -0.39 is 0 Å². The van der Waals surface area contributed by atoms with Gasteiger partial charge < -0.3 is 14.8 Å². The molecule has 4 rings (SSSR count). The van der Waals surface area contributed by atoms with Crippen molar-refractivity contribution in [3.63, 3.8) is 0 Å². The fourth-order valence-corrected chi connectivity index (χ4v) is 2.99. The molecule has 3 aromatic rings. The molecular formula is C21H19NO3. The van der Waals surface area contributed by atoms with Crippen molar-refractivity contribution in [1.29, 1.82) is 0 Å². The zero-order valence-corrected chi connectivity index (χ0v) is 13.8. The van der Waals surface area contributed by atoms with Crippen LogP contribution in [-0.2, 0) is 11.2 Å². The van der Waals surface area contributed by atoms with Crippen LogP contribution in [0.3, 0.4) is 0 Å². The lowest BCUT2D eigenvalue weighted by molar-refractivity contribution is -0.120. The van der Waals surface area contributed by atoms with Gasteiger partial charge in [-0.3, -0.25) is 4.79 Å². The van der Waals surface area contributed by atoms with Crippen molar-refractivity contribution in [2.24, 2.45) is 0 Å². The second kappa shape index (κ2) is 6.85. The maximum absolute atomic E-state index is 12.2. The number of carbonyl (C=O) groups is 1. The van der Waals surface area contributed by atoms with E-state index in [1.165, 1.54) is 5.39 Å². The Hall–Kier alpha value is -3.01. The molecule has 0 bridgehead atoms. The zero-order valence-electron chi connectivity index (χ0n) is 13.8. The van der Waals surface area contributed by atoms with Gasteiger partial charge in [0.25, 0.3) is 0 Å². The lowest BCUT2D eigenvalue weighted by atomic mass is 10.0. The molecule has 4 nitrogen and oxygen atoms in total. The summed E-state index contributed by atoms with van der Waals surface area (Å²) in [4.78, 5) is 12.2. The highest BCUT2D eigenvalue weighted by molar-refractivity contribution is 5.85. The Morgan fingerprint density at radius 2 is 1.72 bits per heavy atom. The minimum atomic E-state index is -0.171. The largest absolute Gasteiger partial charge is 0.486 e. The van der Waals surface area contributed by atoms with E-state index in [2.05, 4.69) is 23.5 Å². The number of para-hydroxylation sites is 2. The third-order valence-electron chi connectivity index (χ3n) is 4.27. The molecule has 0 fully saturated rings. The quantitative estimate of drug-likeness (QED) is 0.796. The average molecular weight is 333 g/mol. The van der Waals surface area contributed by atoms with Crippen LogP contribution in [0.25, 0.3) is 10.8 Å². The highest BCUT2D eigenvalue weighted by Crippen LogP contribution is 2.30. The fraction of sp³-hybridized carbons (Fsp3) is 0.190. The van der Waals surface area contributed by atoms with Gasteiger partial charge in [-0.1, -0.05) is 54.6 Å². The number of hydrogen-bond donors (Lipinski definition) is 1. The van der Waals surface area contributed by atoms with Gasteiger partial charge in [0.1, 0.15) is 12.7 Å². The minimum Gasteiger partial charge on any atom is -0.486 e. The lowest BCUT2D eigenvalue weighted by Crippen LogP contribution is -2.41. The first-order valence-electron chi connectivity index (χ1n) is 8.41. The molecule has 25 heavy (non-hydrogen) atoms. The number of benzene rings is 3. The number of carbonyl (C=O) groups excluding carboxylic acids is 1. The normalized spacial score (nSPS) is 15.8. The van der Waals surface area contributed by atoms with Gasteiger partial charge in [0.2, 0.25) is 5.91 Å². The summed E-state index contributed by atoms with van der Waals surface area (Å²) in [7, 11) is 0. The van der Waals surface area contributed by atoms with Crippen molar-refractivity contribution < 1.29 is 14.3 Å². The fourth-order valence-electron chi connectivity index (χ4n) is 2.99. The van der Waals surface area contributed by atoms with Crippen molar-refractivity contribution in [2.75, 3.05) is 13.2 Å². The topological polar surface area (TPSA) is 47.6 Å². The molecule has 0 saturated heterocycles. The van der Waals surface area contributed by atoms with E-state index in [9.17, 15) is 4.79 Å². The Labute approximate surface area is 146 Å². The molecule has 1 atom stereocenters. The molecule has 4 heteroatoms. The SMILES string of the molecule is O=C(Cc1ccc2ccccc2c1)NC[C@H]1COc2ccccc2O1. The third kappa shape index (κ3) is 3.58. The van der Waals surface area contributed by atoms with Crippen LogP contribution in [0.2, 0.25) is 0 Å². The van der Waals surface area contributed by atoms with Crippen LogP contribution in [0.15, 0.2) is 66.7 Å². The molecule has 0 aromatic heterocycles. The summed E-state index contributed by atoms with van der Waals surface area (Å²) in [5.41, 5.74) is 1.00. The Bertz CT molecular complexity index is 906. The Morgan fingerprint density at radius 3 is 2.60 bits per heavy atom. The predicted molar refractivity (Wildman–Crippen MR) is 97.0 cm³/mol. The molecular weight excluding hydrogens is 314 g/mol. The summed E-state index contributed by atoms with van der Waals surface area (Å²) < 4.78 is 11.5. The van der Waals surface area contributed by atoms with Gasteiger partial charge >= 0.3 is 0 Å². The maximum atomic E-state index is 12.2. The molecule has 0 aliphatic carbocycles. The number of amides is 1. The van der Waals surface area contributed by atoms with E-state index in [-0.39, 0.29) is 12.0 Å². The standard InChI is InChI=1S/C21H19NO3/c23-21(12-15-9-10-16-5-1-2-6-17(16)11-15)22-13-18-14-24-19-7-3-4-8-20(19)25-18/h1-11,18H,12-14H2,(H,22,23)/t18-/m0/s1. The predicted octanol–water partition coefficient (Wildman–Crippen LogP) is 3.34. The molecule has 1 heterocycles. The van der Waals surface area contributed by atoms with Gasteiger partial charge in [-0.25, -0.2) is 0 Å². The van der Waals surface area contributed by atoms with Gasteiger partial charge in [0.05, 0.1) is 13.0 Å². The monoisotopic (exact) mass is 333 g/mol. The molecule has 1 aliphatic rings. The molecule has 1 N–H and O–H groups in total. The van der Waals surface area contributed by atoms with Crippen LogP contribution < -0.4 is 14.8 Å². The van der Waals surface area contributed by atoms with Crippen molar-refractivity contribution in [2.45, 2.75) is 12.5 Å². The number of rotatable bonds is 4. The van der Waals surface area contributed by atoms with E-state index in [0.29, 0.717) is 19.6 Å². The first kappa shape index (κ1) is 15.5. The average Bonchev–Trinajstić information content (AvgIpc) is 2.66. The lowest BCUT2D eigenvalue weighted by Gasteiger charge is -2.26. The van der Waals surface area contributed by atoms with Gasteiger partial charge in [0, 0.05) is 0 Å². The smallest absolute Gasteiger partial charge is 0.224 e. The number of fused-ring (bicyclic) bond motifs is 2. The van der Waals surface area contributed by atoms with E-state index >= 15 is 0 Å². The highest BCUT2D eigenvalue weighted by Gasteiger charge is 2.20. The van der Waals surface area contributed by atoms with Crippen molar-refractivity contribution in [3.05, 3.63) is 72.3 Å². The summed E-state index contributed by atoms with van der Waals surface area (Å²) in [5.74, 6) is 1.46. The zero-order chi connectivity index (χ0) is 17.1. The van der Waals surface area contributed by atoms with E-state index in [0.717, 1.165) is 22.4 Å². The first-order valence-corrected chi connectivity index (χ1v) is 8.41. The molecule has 0 spiro atoms. The van der Waals surface area contributed by atoms with Gasteiger partial charge in [-0.05, 0) is 28.5 Å². The summed E-state index contributed by atoms with van der Waals surface area (Å²) in [6.07, 6.45) is 0.185. The van der Waals surface area contributed by atoms with Gasteiger partial charge in [-0.2, -0.15) is 0 Å². The molecule has 0 saturated carbocycles. The molecule has 0 unspecified atom stereocenters. The number of ether oxygens (including phenoxy) is 2. The first-order chi connectivity index (χ1) is 12.3. The summed E-state index contributed by atoms with van der Waals surface area (Å²) in [6, 6.07) is 21.8. The van der Waals surface area contributed by atoms with E-state index in [1.54, 1.807) is 0 Å². The van der Waals surface area contributed by atoms with Crippen molar-refractivity contribution in [1.82, 2.24) is 5.32 Å². The number of nitrogens with one attached hydrogen (secondary N) is 1. The Balaban J connectivity index is 1.33. The molecule has 0 radical (unpaired) electrons. The van der Waals surface area contributed by atoms with Crippen LogP contribution >= 0.6 is 0 Å². The van der Waals surface area contributed by atoms with Crippen LogP contribution in [-0.4, -0.2) is 25.2 Å². The van der Waals surface area contributed by atoms with Crippen molar-refractivity contribution >= 4 is 16.7 Å². The third-order valence-corrected chi connectivity index (χ3v) is 4.27. The van der Waals surface area contributed by atoms with E-state index in [1.807, 2.05) is 48.5 Å². The second-order valence-electron chi connectivity index (χ2n) is 6.16. The molecule has 1 aliphatic heterocycles. The summed E-state index contributed by atoms with van der Waals surface area (Å²) in [5, 5.41) is 5.26.